The fourth-order valence-electron chi connectivity index (χ4n) is 2.87. The van der Waals surface area contributed by atoms with Gasteiger partial charge in [0.1, 0.15) is 0 Å². The van der Waals surface area contributed by atoms with E-state index in [1.165, 1.54) is 4.70 Å². The maximum Gasteiger partial charge on any atom is 0.186 e. The summed E-state index contributed by atoms with van der Waals surface area (Å²) in [6.07, 6.45) is 0. The summed E-state index contributed by atoms with van der Waals surface area (Å²) in [4.78, 5) is 9.49. The van der Waals surface area contributed by atoms with E-state index in [2.05, 4.69) is 43.9 Å². The summed E-state index contributed by atoms with van der Waals surface area (Å²) >= 11 is 11.6. The number of piperazine rings is 1. The number of halogens is 2. The predicted molar refractivity (Wildman–Crippen MR) is 103 cm³/mol. The Balaban J connectivity index is 1.51. The minimum atomic E-state index is 0.825. The van der Waals surface area contributed by atoms with Gasteiger partial charge in [-0.25, -0.2) is 4.98 Å². The molecule has 3 nitrogen and oxygen atoms in total. The quantitative estimate of drug-likeness (QED) is 0.592. The molecule has 23 heavy (non-hydrogen) atoms. The number of hydrogen-bond donors (Lipinski definition) is 0. The lowest BCUT2D eigenvalue weighted by Gasteiger charge is -2.36. The van der Waals surface area contributed by atoms with Crippen LogP contribution in [0.5, 0.6) is 0 Å². The van der Waals surface area contributed by atoms with Crippen molar-refractivity contribution in [2.45, 2.75) is 0 Å². The lowest BCUT2D eigenvalue weighted by atomic mass is 10.2. The molecule has 6 heteroatoms. The Morgan fingerprint density at radius 3 is 2.52 bits per heavy atom. The monoisotopic (exact) mass is 407 g/mol. The smallest absolute Gasteiger partial charge is 0.186 e. The lowest BCUT2D eigenvalue weighted by Crippen LogP contribution is -2.46. The van der Waals surface area contributed by atoms with Gasteiger partial charge < -0.3 is 9.80 Å². The summed E-state index contributed by atoms with van der Waals surface area (Å²) in [5.41, 5.74) is 2.20. The molecule has 0 saturated carbocycles. The van der Waals surface area contributed by atoms with Gasteiger partial charge in [-0.1, -0.05) is 51.0 Å². The minimum absolute atomic E-state index is 0.825. The second-order valence-corrected chi connectivity index (χ2v) is 7.87. The molecule has 1 aromatic heterocycles. The van der Waals surface area contributed by atoms with Crippen molar-refractivity contribution >= 4 is 59.9 Å². The third-order valence-corrected chi connectivity index (χ3v) is 5.97. The molecule has 1 saturated heterocycles. The van der Waals surface area contributed by atoms with E-state index in [-0.39, 0.29) is 0 Å². The van der Waals surface area contributed by atoms with Crippen LogP contribution in [0.1, 0.15) is 0 Å². The lowest BCUT2D eigenvalue weighted by molar-refractivity contribution is 0.652. The zero-order chi connectivity index (χ0) is 15.8. The fourth-order valence-corrected chi connectivity index (χ4v) is 4.69. The van der Waals surface area contributed by atoms with E-state index in [1.807, 2.05) is 24.3 Å². The Hall–Kier alpha value is -1.30. The van der Waals surface area contributed by atoms with E-state index >= 15 is 0 Å². The minimum Gasteiger partial charge on any atom is -0.367 e. The first-order valence-electron chi connectivity index (χ1n) is 7.51. The van der Waals surface area contributed by atoms with E-state index in [0.29, 0.717) is 0 Å². The molecule has 2 heterocycles. The van der Waals surface area contributed by atoms with Gasteiger partial charge in [-0.05, 0) is 30.3 Å². The second kappa shape index (κ2) is 6.30. The van der Waals surface area contributed by atoms with Crippen molar-refractivity contribution in [2.75, 3.05) is 36.0 Å². The van der Waals surface area contributed by atoms with Crippen molar-refractivity contribution in [3.8, 4) is 0 Å². The molecule has 118 valence electrons. The van der Waals surface area contributed by atoms with Gasteiger partial charge in [-0.15, -0.1) is 0 Å². The molecule has 0 radical (unpaired) electrons. The molecule has 0 bridgehead atoms. The van der Waals surface area contributed by atoms with Crippen molar-refractivity contribution in [3.05, 3.63) is 52.0 Å². The van der Waals surface area contributed by atoms with Crippen LogP contribution in [-0.4, -0.2) is 31.2 Å². The highest BCUT2D eigenvalue weighted by Gasteiger charge is 2.21. The van der Waals surface area contributed by atoms with Crippen LogP contribution in [0, 0.1) is 0 Å². The molecule has 1 aliphatic heterocycles. The maximum atomic E-state index is 6.31. The van der Waals surface area contributed by atoms with Crippen LogP contribution in [0.2, 0.25) is 5.02 Å². The van der Waals surface area contributed by atoms with Crippen LogP contribution in [-0.2, 0) is 0 Å². The predicted octanol–water partition coefficient (Wildman–Crippen LogP) is 5.04. The number of anilines is 2. The van der Waals surface area contributed by atoms with Crippen LogP contribution < -0.4 is 9.80 Å². The van der Waals surface area contributed by atoms with Gasteiger partial charge in [0.25, 0.3) is 0 Å². The first kappa shape index (κ1) is 15.2. The summed E-state index contributed by atoms with van der Waals surface area (Å²) in [6.45, 7) is 3.85. The van der Waals surface area contributed by atoms with E-state index < -0.39 is 0 Å². The van der Waals surface area contributed by atoms with Crippen LogP contribution in [0.15, 0.2) is 46.9 Å². The van der Waals surface area contributed by atoms with Gasteiger partial charge in [0.2, 0.25) is 0 Å². The fraction of sp³-hybridized carbons (Fsp3) is 0.235. The molecular weight excluding hydrogens is 394 g/mol. The summed E-state index contributed by atoms with van der Waals surface area (Å²) in [5, 5.41) is 1.93. The Kier molecular flexibility index (Phi) is 4.18. The second-order valence-electron chi connectivity index (χ2n) is 5.53. The van der Waals surface area contributed by atoms with E-state index in [0.717, 1.165) is 52.0 Å². The zero-order valence-electron chi connectivity index (χ0n) is 12.4. The summed E-state index contributed by atoms with van der Waals surface area (Å²) in [6, 6.07) is 14.3. The first-order chi connectivity index (χ1) is 11.2. The number of hydrogen-bond acceptors (Lipinski definition) is 4. The first-order valence-corrected chi connectivity index (χ1v) is 9.50. The highest BCUT2D eigenvalue weighted by Crippen LogP contribution is 2.32. The molecule has 1 fully saturated rings. The molecule has 0 atom stereocenters. The number of aromatic nitrogens is 1. The van der Waals surface area contributed by atoms with Crippen LogP contribution in [0.25, 0.3) is 10.2 Å². The molecule has 0 aliphatic carbocycles. The summed E-state index contributed by atoms with van der Waals surface area (Å²) < 4.78 is 2.33. The van der Waals surface area contributed by atoms with Crippen LogP contribution in [0.4, 0.5) is 10.8 Å². The molecule has 0 amide bonds. The number of benzene rings is 2. The number of para-hydroxylation sites is 1. The number of fused-ring (bicyclic) bond motifs is 1. The summed E-state index contributed by atoms with van der Waals surface area (Å²) in [5.74, 6) is 0. The normalized spacial score (nSPS) is 15.4. The molecule has 2 aromatic carbocycles. The third kappa shape index (κ3) is 3.05. The SMILES string of the molecule is Clc1ccccc1N1CCN(c2nc3ccc(Br)cc3s2)CC1. The highest BCUT2D eigenvalue weighted by atomic mass is 79.9. The van der Waals surface area contributed by atoms with E-state index in [1.54, 1.807) is 11.3 Å². The number of thiazole rings is 1. The average molecular weight is 409 g/mol. The van der Waals surface area contributed by atoms with Crippen LogP contribution >= 0.6 is 38.9 Å². The molecule has 0 spiro atoms. The maximum absolute atomic E-state index is 6.31. The Morgan fingerprint density at radius 1 is 1.00 bits per heavy atom. The van der Waals surface area contributed by atoms with Crippen molar-refractivity contribution in [1.29, 1.82) is 0 Å². The topological polar surface area (TPSA) is 19.4 Å². The van der Waals surface area contributed by atoms with Gasteiger partial charge in [0.05, 0.1) is 20.9 Å². The average Bonchev–Trinajstić information content (AvgIpc) is 2.98. The highest BCUT2D eigenvalue weighted by molar-refractivity contribution is 9.10. The Morgan fingerprint density at radius 2 is 1.74 bits per heavy atom. The van der Waals surface area contributed by atoms with Crippen molar-refractivity contribution in [2.24, 2.45) is 0 Å². The van der Waals surface area contributed by atoms with E-state index in [9.17, 15) is 0 Å². The van der Waals surface area contributed by atoms with E-state index in [4.69, 9.17) is 16.6 Å². The van der Waals surface area contributed by atoms with Crippen LogP contribution in [0.3, 0.4) is 0 Å². The van der Waals surface area contributed by atoms with Gasteiger partial charge in [0, 0.05) is 30.7 Å². The largest absolute Gasteiger partial charge is 0.367 e. The van der Waals surface area contributed by atoms with Crippen molar-refractivity contribution in [1.82, 2.24) is 4.98 Å². The van der Waals surface area contributed by atoms with Crippen molar-refractivity contribution < 1.29 is 0 Å². The summed E-state index contributed by atoms with van der Waals surface area (Å²) in [7, 11) is 0. The zero-order valence-corrected chi connectivity index (χ0v) is 15.5. The molecule has 4 rings (SSSR count). The van der Waals surface area contributed by atoms with Gasteiger partial charge >= 0.3 is 0 Å². The molecular formula is C17H15BrClN3S. The number of nitrogens with zero attached hydrogens (tertiary/aromatic N) is 3. The Labute approximate surface area is 152 Å². The molecule has 3 aromatic rings. The molecule has 1 aliphatic rings. The molecule has 0 N–H and O–H groups in total. The van der Waals surface area contributed by atoms with Gasteiger partial charge in [-0.2, -0.15) is 0 Å². The third-order valence-electron chi connectivity index (χ3n) is 4.08. The number of rotatable bonds is 2. The standard InChI is InChI=1S/C17H15BrClN3S/c18-12-5-6-14-16(11-12)23-17(20-14)22-9-7-21(8-10-22)15-4-2-1-3-13(15)19/h1-6,11H,7-10H2. The molecule has 0 unspecified atom stereocenters. The van der Waals surface area contributed by atoms with Crippen molar-refractivity contribution in [3.63, 3.8) is 0 Å². The Bertz CT molecular complexity index is 843. The van der Waals surface area contributed by atoms with Gasteiger partial charge in [0.15, 0.2) is 5.13 Å². The van der Waals surface area contributed by atoms with Gasteiger partial charge in [-0.3, -0.25) is 0 Å².